The van der Waals surface area contributed by atoms with Gasteiger partial charge in [-0.25, -0.2) is 13.4 Å². The van der Waals surface area contributed by atoms with Gasteiger partial charge in [-0.2, -0.15) is 0 Å². The van der Waals surface area contributed by atoms with Gasteiger partial charge in [0.15, 0.2) is 9.84 Å². The van der Waals surface area contributed by atoms with Crippen LogP contribution >= 0.6 is 0 Å². The van der Waals surface area contributed by atoms with Crippen LogP contribution in [0.3, 0.4) is 0 Å². The lowest BCUT2D eigenvalue weighted by Crippen LogP contribution is -2.33. The van der Waals surface area contributed by atoms with Gasteiger partial charge in [-0.1, -0.05) is 13.8 Å². The summed E-state index contributed by atoms with van der Waals surface area (Å²) in [5, 5.41) is 2.88. The molecule has 1 unspecified atom stereocenters. The first-order chi connectivity index (χ1) is 10.9. The van der Waals surface area contributed by atoms with Crippen molar-refractivity contribution >= 4 is 27.2 Å². The largest absolute Gasteiger partial charge is 0.356 e. The van der Waals surface area contributed by atoms with Crippen molar-refractivity contribution in [1.29, 1.82) is 0 Å². The summed E-state index contributed by atoms with van der Waals surface area (Å²) >= 11 is 0. The molecule has 0 radical (unpaired) electrons. The molecule has 1 N–H and O–H groups in total. The number of hydrogen-bond donors (Lipinski definition) is 1. The first kappa shape index (κ1) is 17.7. The van der Waals surface area contributed by atoms with Crippen molar-refractivity contribution in [2.45, 2.75) is 39.2 Å². The van der Waals surface area contributed by atoms with E-state index >= 15 is 0 Å². The number of rotatable bonds is 6. The molecule has 0 saturated carbocycles. The average Bonchev–Trinajstić information content (AvgIpc) is 2.88. The van der Waals surface area contributed by atoms with Crippen LogP contribution in [0.5, 0.6) is 0 Å². The van der Waals surface area contributed by atoms with E-state index in [9.17, 15) is 13.2 Å². The Balaban J connectivity index is 2.00. The Bertz CT molecular complexity index is 639. The van der Waals surface area contributed by atoms with Crippen LogP contribution in [0.15, 0.2) is 18.3 Å². The lowest BCUT2D eigenvalue weighted by molar-refractivity contribution is -0.120. The van der Waals surface area contributed by atoms with Crippen molar-refractivity contribution in [2.24, 2.45) is 5.92 Å². The highest BCUT2D eigenvalue weighted by Gasteiger charge is 2.31. The Hall–Kier alpha value is -1.63. The number of hydrogen-bond acceptors (Lipinski definition) is 5. The number of carbonyl (C=O) groups excluding carboxylic acids is 1. The maximum absolute atomic E-state index is 12.1. The maximum atomic E-state index is 12.1. The number of nitrogens with zero attached hydrogens (tertiary/aromatic N) is 2. The van der Waals surface area contributed by atoms with Gasteiger partial charge in [0.25, 0.3) is 0 Å². The number of nitrogens with one attached hydrogen (secondary N) is 1. The molecule has 23 heavy (non-hydrogen) atoms. The first-order valence-electron chi connectivity index (χ1n) is 8.06. The molecule has 0 bridgehead atoms. The van der Waals surface area contributed by atoms with Gasteiger partial charge in [-0.3, -0.25) is 4.79 Å². The van der Waals surface area contributed by atoms with Crippen LogP contribution < -0.4 is 10.2 Å². The summed E-state index contributed by atoms with van der Waals surface area (Å²) in [5.74, 6) is 1.16. The molecule has 2 heterocycles. The van der Waals surface area contributed by atoms with Gasteiger partial charge in [0.2, 0.25) is 5.91 Å². The van der Waals surface area contributed by atoms with E-state index in [4.69, 9.17) is 0 Å². The van der Waals surface area contributed by atoms with E-state index in [0.29, 0.717) is 17.9 Å². The number of anilines is 2. The summed E-state index contributed by atoms with van der Waals surface area (Å²) in [4.78, 5) is 18.3. The molecular weight excluding hydrogens is 314 g/mol. The second-order valence-corrected chi connectivity index (χ2v) is 8.30. The molecule has 128 valence electrons. The molecule has 0 aliphatic carbocycles. The molecule has 1 saturated heterocycles. The molecular formula is C16H25N3O3S. The molecule has 2 rings (SSSR count). The fraction of sp³-hybridized carbons (Fsp3) is 0.625. The zero-order chi connectivity index (χ0) is 17.0. The molecule has 1 amide bonds. The summed E-state index contributed by atoms with van der Waals surface area (Å²) in [6, 6.07) is 3.59. The third kappa shape index (κ3) is 4.43. The SMILES string of the molecule is CCC(CC)C(=O)Nc1ccc(N(C)C2CCS(=O)(=O)C2)nc1. The van der Waals surface area contributed by atoms with Crippen molar-refractivity contribution in [3.05, 3.63) is 18.3 Å². The maximum Gasteiger partial charge on any atom is 0.227 e. The minimum Gasteiger partial charge on any atom is -0.356 e. The van der Waals surface area contributed by atoms with Crippen LogP contribution in [-0.4, -0.2) is 43.9 Å². The van der Waals surface area contributed by atoms with Gasteiger partial charge in [-0.15, -0.1) is 0 Å². The Morgan fingerprint density at radius 2 is 2.09 bits per heavy atom. The highest BCUT2D eigenvalue weighted by Crippen LogP contribution is 2.22. The molecule has 1 aliphatic heterocycles. The van der Waals surface area contributed by atoms with E-state index in [1.807, 2.05) is 37.9 Å². The molecule has 0 spiro atoms. The standard InChI is InChI=1S/C16H25N3O3S/c1-4-12(5-2)16(20)18-13-6-7-15(17-10-13)19(3)14-8-9-23(21,22)11-14/h6-7,10,12,14H,4-5,8-9,11H2,1-3H3,(H,18,20). The number of amides is 1. The monoisotopic (exact) mass is 339 g/mol. The lowest BCUT2D eigenvalue weighted by atomic mass is 10.0. The number of aromatic nitrogens is 1. The molecule has 1 atom stereocenters. The number of carbonyl (C=O) groups is 1. The predicted octanol–water partition coefficient (Wildman–Crippen LogP) is 2.08. The fourth-order valence-corrected chi connectivity index (χ4v) is 4.61. The van der Waals surface area contributed by atoms with Gasteiger partial charge >= 0.3 is 0 Å². The van der Waals surface area contributed by atoms with E-state index in [2.05, 4.69) is 10.3 Å². The summed E-state index contributed by atoms with van der Waals surface area (Å²) < 4.78 is 23.2. The minimum atomic E-state index is -2.91. The second-order valence-electron chi connectivity index (χ2n) is 6.08. The Labute approximate surface area is 138 Å². The smallest absolute Gasteiger partial charge is 0.227 e. The molecule has 1 aliphatic rings. The Morgan fingerprint density at radius 3 is 2.57 bits per heavy atom. The summed E-state index contributed by atoms with van der Waals surface area (Å²) in [5.41, 5.74) is 0.665. The quantitative estimate of drug-likeness (QED) is 0.858. The molecule has 1 aromatic rings. The van der Waals surface area contributed by atoms with Crippen molar-refractivity contribution < 1.29 is 13.2 Å². The van der Waals surface area contributed by atoms with Crippen molar-refractivity contribution in [2.75, 3.05) is 28.8 Å². The number of pyridine rings is 1. The highest BCUT2D eigenvalue weighted by molar-refractivity contribution is 7.91. The number of sulfone groups is 1. The van der Waals surface area contributed by atoms with Gasteiger partial charge in [0.05, 0.1) is 23.4 Å². The van der Waals surface area contributed by atoms with Crippen LogP contribution in [0.4, 0.5) is 11.5 Å². The molecule has 1 fully saturated rings. The second kappa shape index (κ2) is 7.29. The van der Waals surface area contributed by atoms with Crippen molar-refractivity contribution in [1.82, 2.24) is 4.98 Å². The van der Waals surface area contributed by atoms with Gasteiger partial charge in [-0.05, 0) is 31.4 Å². The first-order valence-corrected chi connectivity index (χ1v) is 9.88. The molecule has 6 nitrogen and oxygen atoms in total. The van der Waals surface area contributed by atoms with Crippen LogP contribution in [0.2, 0.25) is 0 Å². The van der Waals surface area contributed by atoms with E-state index in [0.717, 1.165) is 12.8 Å². The third-order valence-electron chi connectivity index (χ3n) is 4.49. The van der Waals surface area contributed by atoms with E-state index < -0.39 is 9.84 Å². The minimum absolute atomic E-state index is 0.0137. The van der Waals surface area contributed by atoms with E-state index in [-0.39, 0.29) is 29.4 Å². The van der Waals surface area contributed by atoms with Crippen molar-refractivity contribution in [3.8, 4) is 0 Å². The summed E-state index contributed by atoms with van der Waals surface area (Å²) in [6.07, 6.45) is 3.88. The van der Waals surface area contributed by atoms with Gasteiger partial charge < -0.3 is 10.2 Å². The van der Waals surface area contributed by atoms with Crippen LogP contribution in [-0.2, 0) is 14.6 Å². The molecule has 7 heteroatoms. The van der Waals surface area contributed by atoms with Gasteiger partial charge in [0.1, 0.15) is 5.82 Å². The Kier molecular flexibility index (Phi) is 5.62. The third-order valence-corrected chi connectivity index (χ3v) is 6.24. The Morgan fingerprint density at radius 1 is 1.39 bits per heavy atom. The normalized spacial score (nSPS) is 19.7. The van der Waals surface area contributed by atoms with E-state index in [1.54, 1.807) is 6.20 Å². The predicted molar refractivity (Wildman–Crippen MR) is 92.4 cm³/mol. The highest BCUT2D eigenvalue weighted by atomic mass is 32.2. The van der Waals surface area contributed by atoms with Crippen LogP contribution in [0, 0.1) is 5.92 Å². The van der Waals surface area contributed by atoms with Crippen LogP contribution in [0.25, 0.3) is 0 Å². The topological polar surface area (TPSA) is 79.4 Å². The fourth-order valence-electron chi connectivity index (χ4n) is 2.84. The lowest BCUT2D eigenvalue weighted by Gasteiger charge is -2.24. The molecule has 0 aromatic carbocycles. The zero-order valence-corrected chi connectivity index (χ0v) is 14.8. The van der Waals surface area contributed by atoms with Crippen molar-refractivity contribution in [3.63, 3.8) is 0 Å². The van der Waals surface area contributed by atoms with Gasteiger partial charge in [0, 0.05) is 19.0 Å². The van der Waals surface area contributed by atoms with E-state index in [1.165, 1.54) is 0 Å². The molecule has 1 aromatic heterocycles. The summed E-state index contributed by atoms with van der Waals surface area (Å²) in [6.45, 7) is 4.00. The zero-order valence-electron chi connectivity index (χ0n) is 13.9. The van der Waals surface area contributed by atoms with Crippen LogP contribution in [0.1, 0.15) is 33.1 Å². The average molecular weight is 339 g/mol. The summed E-state index contributed by atoms with van der Waals surface area (Å²) in [7, 11) is -1.06.